The van der Waals surface area contributed by atoms with E-state index in [-0.39, 0.29) is 17.9 Å². The van der Waals surface area contributed by atoms with Crippen LogP contribution in [0.4, 0.5) is 0 Å². The molecule has 2 saturated heterocycles. The first-order chi connectivity index (χ1) is 9.58. The zero-order valence-electron chi connectivity index (χ0n) is 12.2. The number of aromatic nitrogens is 2. The summed E-state index contributed by atoms with van der Waals surface area (Å²) in [6.07, 6.45) is 2.92. The molecular formula is C14H22N4O2. The summed E-state index contributed by atoms with van der Waals surface area (Å²) in [4.78, 5) is 16.0. The van der Waals surface area contributed by atoms with E-state index < -0.39 is 0 Å². The van der Waals surface area contributed by atoms with Gasteiger partial charge in [0.15, 0.2) is 0 Å². The molecule has 0 aromatic carbocycles. The molecule has 1 atom stereocenters. The molecule has 2 fully saturated rings. The number of carbonyl (C=O) groups is 1. The number of likely N-dealkylation sites (tertiary alicyclic amines) is 1. The van der Waals surface area contributed by atoms with Crippen molar-refractivity contribution in [3.8, 4) is 0 Å². The number of rotatable bonds is 2. The van der Waals surface area contributed by atoms with E-state index in [0.29, 0.717) is 6.61 Å². The molecule has 3 rings (SSSR count). The first-order valence-corrected chi connectivity index (χ1v) is 7.09. The Morgan fingerprint density at radius 2 is 2.25 bits per heavy atom. The van der Waals surface area contributed by atoms with Crippen LogP contribution in [0.3, 0.4) is 0 Å². The van der Waals surface area contributed by atoms with Crippen molar-refractivity contribution in [1.29, 1.82) is 0 Å². The number of likely N-dealkylation sites (N-methyl/N-ethyl adjacent to an activating group) is 1. The van der Waals surface area contributed by atoms with Gasteiger partial charge in [0, 0.05) is 45.3 Å². The lowest BCUT2D eigenvalue weighted by Crippen LogP contribution is -2.40. The van der Waals surface area contributed by atoms with Gasteiger partial charge in [-0.15, -0.1) is 0 Å². The van der Waals surface area contributed by atoms with Crippen LogP contribution in [0.5, 0.6) is 0 Å². The van der Waals surface area contributed by atoms with Crippen molar-refractivity contribution in [1.82, 2.24) is 19.6 Å². The Hall–Kier alpha value is -1.40. The minimum atomic E-state index is 0.0898. The molecule has 1 spiro atoms. The van der Waals surface area contributed by atoms with Gasteiger partial charge in [-0.3, -0.25) is 14.4 Å². The number of hydrogen-bond acceptors (Lipinski definition) is 4. The third-order valence-corrected chi connectivity index (χ3v) is 4.46. The molecule has 3 heterocycles. The van der Waals surface area contributed by atoms with Gasteiger partial charge in [-0.1, -0.05) is 0 Å². The van der Waals surface area contributed by atoms with Gasteiger partial charge in [-0.2, -0.15) is 5.10 Å². The molecule has 1 unspecified atom stereocenters. The topological polar surface area (TPSA) is 50.6 Å². The third kappa shape index (κ3) is 2.58. The standard InChI is InChI=1S/C14H22N4O2/c1-16-9-14(11-20-8-13(16)19)4-6-18(10-14)7-12-3-5-15-17(12)2/h3,5H,4,6-11H2,1-2H3. The summed E-state index contributed by atoms with van der Waals surface area (Å²) >= 11 is 0. The second-order valence-electron chi connectivity index (χ2n) is 6.15. The van der Waals surface area contributed by atoms with Crippen LogP contribution in [0.25, 0.3) is 0 Å². The molecule has 20 heavy (non-hydrogen) atoms. The molecule has 6 nitrogen and oxygen atoms in total. The van der Waals surface area contributed by atoms with E-state index in [1.807, 2.05) is 29.9 Å². The van der Waals surface area contributed by atoms with E-state index in [1.54, 1.807) is 0 Å². The van der Waals surface area contributed by atoms with Gasteiger partial charge in [-0.25, -0.2) is 0 Å². The maximum atomic E-state index is 11.7. The van der Waals surface area contributed by atoms with Crippen LogP contribution in [-0.2, 0) is 23.1 Å². The van der Waals surface area contributed by atoms with Crippen molar-refractivity contribution >= 4 is 5.91 Å². The second kappa shape index (κ2) is 5.18. The Bertz CT molecular complexity index is 501. The van der Waals surface area contributed by atoms with Crippen molar-refractivity contribution in [3.05, 3.63) is 18.0 Å². The minimum absolute atomic E-state index is 0.0898. The van der Waals surface area contributed by atoms with Crippen LogP contribution in [0.15, 0.2) is 12.3 Å². The highest BCUT2D eigenvalue weighted by molar-refractivity contribution is 5.77. The average Bonchev–Trinajstić information content (AvgIpc) is 2.94. The Morgan fingerprint density at radius 3 is 3.00 bits per heavy atom. The maximum Gasteiger partial charge on any atom is 0.248 e. The monoisotopic (exact) mass is 278 g/mol. The van der Waals surface area contributed by atoms with E-state index in [0.717, 1.165) is 32.6 Å². The van der Waals surface area contributed by atoms with Crippen LogP contribution in [0.2, 0.25) is 0 Å². The van der Waals surface area contributed by atoms with Gasteiger partial charge >= 0.3 is 0 Å². The van der Waals surface area contributed by atoms with Crippen molar-refractivity contribution in [2.75, 3.05) is 39.9 Å². The molecule has 0 aliphatic carbocycles. The smallest absolute Gasteiger partial charge is 0.248 e. The van der Waals surface area contributed by atoms with E-state index in [1.165, 1.54) is 5.69 Å². The van der Waals surface area contributed by atoms with Gasteiger partial charge in [0.1, 0.15) is 6.61 Å². The fourth-order valence-corrected chi connectivity index (χ4v) is 3.30. The van der Waals surface area contributed by atoms with Crippen LogP contribution >= 0.6 is 0 Å². The summed E-state index contributed by atoms with van der Waals surface area (Å²) in [5, 5.41) is 4.21. The lowest BCUT2D eigenvalue weighted by molar-refractivity contribution is -0.132. The number of amides is 1. The predicted octanol–water partition coefficient (Wildman–Crippen LogP) is 0.101. The van der Waals surface area contributed by atoms with Gasteiger partial charge < -0.3 is 9.64 Å². The maximum absolute atomic E-state index is 11.7. The van der Waals surface area contributed by atoms with Gasteiger partial charge in [0.05, 0.1) is 12.3 Å². The lowest BCUT2D eigenvalue weighted by Gasteiger charge is -2.30. The number of ether oxygens (including phenoxy) is 1. The van der Waals surface area contributed by atoms with Crippen molar-refractivity contribution < 1.29 is 9.53 Å². The molecule has 2 aliphatic rings. The van der Waals surface area contributed by atoms with Crippen LogP contribution in [-0.4, -0.2) is 65.4 Å². The van der Waals surface area contributed by atoms with Crippen LogP contribution in [0.1, 0.15) is 12.1 Å². The van der Waals surface area contributed by atoms with E-state index in [9.17, 15) is 4.79 Å². The van der Waals surface area contributed by atoms with E-state index in [2.05, 4.69) is 16.1 Å². The first kappa shape index (κ1) is 13.6. The summed E-state index contributed by atoms with van der Waals surface area (Å²) in [7, 11) is 3.85. The van der Waals surface area contributed by atoms with Gasteiger partial charge in [-0.05, 0) is 19.0 Å². The molecule has 0 N–H and O–H groups in total. The fourth-order valence-electron chi connectivity index (χ4n) is 3.30. The van der Waals surface area contributed by atoms with Crippen LogP contribution in [0, 0.1) is 5.41 Å². The molecule has 110 valence electrons. The number of hydrogen-bond donors (Lipinski definition) is 0. The predicted molar refractivity (Wildman–Crippen MR) is 74.0 cm³/mol. The fraction of sp³-hybridized carbons (Fsp3) is 0.714. The summed E-state index contributed by atoms with van der Waals surface area (Å²) < 4.78 is 7.51. The average molecular weight is 278 g/mol. The Balaban J connectivity index is 1.66. The summed E-state index contributed by atoms with van der Waals surface area (Å²) in [5.74, 6) is 0.0898. The van der Waals surface area contributed by atoms with Crippen molar-refractivity contribution in [2.24, 2.45) is 12.5 Å². The zero-order chi connectivity index (χ0) is 14.2. The van der Waals surface area contributed by atoms with Gasteiger partial charge in [0.2, 0.25) is 5.91 Å². The Morgan fingerprint density at radius 1 is 1.40 bits per heavy atom. The normalized spacial score (nSPS) is 28.3. The highest BCUT2D eigenvalue weighted by Crippen LogP contribution is 2.33. The number of carbonyl (C=O) groups excluding carboxylic acids is 1. The van der Waals surface area contributed by atoms with Crippen LogP contribution < -0.4 is 0 Å². The Labute approximate surface area is 119 Å². The van der Waals surface area contributed by atoms with Gasteiger partial charge in [0.25, 0.3) is 0 Å². The second-order valence-corrected chi connectivity index (χ2v) is 6.15. The Kier molecular flexibility index (Phi) is 3.52. The quantitative estimate of drug-likeness (QED) is 0.770. The third-order valence-electron chi connectivity index (χ3n) is 4.46. The SMILES string of the molecule is CN1CC2(CCN(Cc3ccnn3C)C2)COCC1=O. The molecular weight excluding hydrogens is 256 g/mol. The van der Waals surface area contributed by atoms with Crippen molar-refractivity contribution in [2.45, 2.75) is 13.0 Å². The highest BCUT2D eigenvalue weighted by atomic mass is 16.5. The molecule has 1 aromatic rings. The number of aryl methyl sites for hydroxylation is 1. The molecule has 6 heteroatoms. The summed E-state index contributed by atoms with van der Waals surface area (Å²) in [5.41, 5.74) is 1.32. The lowest BCUT2D eigenvalue weighted by atomic mass is 9.88. The summed E-state index contributed by atoms with van der Waals surface area (Å²) in [6, 6.07) is 2.06. The molecule has 1 aromatic heterocycles. The molecule has 0 radical (unpaired) electrons. The van der Waals surface area contributed by atoms with E-state index in [4.69, 9.17) is 4.74 Å². The number of nitrogens with zero attached hydrogens (tertiary/aromatic N) is 4. The van der Waals surface area contributed by atoms with E-state index >= 15 is 0 Å². The zero-order valence-corrected chi connectivity index (χ0v) is 12.2. The molecule has 2 aliphatic heterocycles. The van der Waals surface area contributed by atoms with Crippen molar-refractivity contribution in [3.63, 3.8) is 0 Å². The first-order valence-electron chi connectivity index (χ1n) is 7.09. The minimum Gasteiger partial charge on any atom is -0.371 e. The summed E-state index contributed by atoms with van der Waals surface area (Å²) in [6.45, 7) is 4.65. The highest BCUT2D eigenvalue weighted by Gasteiger charge is 2.41. The largest absolute Gasteiger partial charge is 0.371 e. The molecule has 0 saturated carbocycles. The molecule has 0 bridgehead atoms. The molecule has 1 amide bonds.